The molecule has 0 radical (unpaired) electrons. The van der Waals surface area contributed by atoms with Gasteiger partial charge in [-0.05, 0) is 31.5 Å². The number of hydrogen-bond donors (Lipinski definition) is 2. The number of nitrogen functional groups attached to an aromatic ring is 1. The van der Waals surface area contributed by atoms with Crippen molar-refractivity contribution in [3.05, 3.63) is 29.8 Å². The number of benzene rings is 1. The summed E-state index contributed by atoms with van der Waals surface area (Å²) < 4.78 is 0. The maximum absolute atomic E-state index is 11.8. The van der Waals surface area contributed by atoms with Gasteiger partial charge in [0.15, 0.2) is 0 Å². The molecule has 5 heteroatoms. The van der Waals surface area contributed by atoms with Gasteiger partial charge >= 0.3 is 0 Å². The fourth-order valence-electron chi connectivity index (χ4n) is 1.93. The van der Waals surface area contributed by atoms with Gasteiger partial charge in [0.2, 0.25) is 11.8 Å². The van der Waals surface area contributed by atoms with E-state index in [1.807, 2.05) is 43.0 Å². The quantitative estimate of drug-likeness (QED) is 0.589. The van der Waals surface area contributed by atoms with Crippen LogP contribution < -0.4 is 11.1 Å². The average molecular weight is 247 g/mol. The molecule has 1 fully saturated rings. The Hall–Kier alpha value is -1.88. The van der Waals surface area contributed by atoms with Gasteiger partial charge in [-0.1, -0.05) is 12.1 Å². The monoisotopic (exact) mass is 247 g/mol. The first-order valence-corrected chi connectivity index (χ1v) is 5.83. The van der Waals surface area contributed by atoms with Gasteiger partial charge in [-0.3, -0.25) is 19.8 Å². The van der Waals surface area contributed by atoms with E-state index >= 15 is 0 Å². The number of piperazine rings is 1. The number of nitrogens with zero attached hydrogens (tertiary/aromatic N) is 1. The van der Waals surface area contributed by atoms with Crippen LogP contribution in [0.2, 0.25) is 0 Å². The second kappa shape index (κ2) is 4.42. The van der Waals surface area contributed by atoms with Crippen LogP contribution in [0.4, 0.5) is 5.69 Å². The molecule has 1 saturated heterocycles. The Morgan fingerprint density at radius 1 is 1.28 bits per heavy atom. The fraction of sp³-hybridized carbons (Fsp3) is 0.385. The third-order valence-electron chi connectivity index (χ3n) is 3.29. The molecule has 1 heterocycles. The fourth-order valence-corrected chi connectivity index (χ4v) is 1.93. The number of rotatable bonds is 2. The zero-order valence-electron chi connectivity index (χ0n) is 10.6. The molecule has 0 aromatic heterocycles. The lowest BCUT2D eigenvalue weighted by Crippen LogP contribution is -2.63. The Balaban J connectivity index is 2.18. The summed E-state index contributed by atoms with van der Waals surface area (Å²) in [7, 11) is 0. The third-order valence-corrected chi connectivity index (χ3v) is 3.29. The number of carbonyl (C=O) groups is 2. The molecule has 3 N–H and O–H groups in total. The van der Waals surface area contributed by atoms with Crippen LogP contribution in [0.15, 0.2) is 24.3 Å². The Kier molecular flexibility index (Phi) is 3.09. The minimum Gasteiger partial charge on any atom is -0.399 e. The van der Waals surface area contributed by atoms with Gasteiger partial charge in [0.1, 0.15) is 0 Å². The topological polar surface area (TPSA) is 75.4 Å². The molecule has 1 aliphatic rings. The molecule has 1 aliphatic heterocycles. The minimum absolute atomic E-state index is 0.225. The highest BCUT2D eigenvalue weighted by atomic mass is 16.2. The molecule has 0 spiro atoms. The van der Waals surface area contributed by atoms with E-state index in [0.29, 0.717) is 12.2 Å². The van der Waals surface area contributed by atoms with Crippen LogP contribution in [-0.2, 0) is 16.1 Å². The van der Waals surface area contributed by atoms with Gasteiger partial charge in [-0.15, -0.1) is 0 Å². The van der Waals surface area contributed by atoms with Gasteiger partial charge in [0, 0.05) is 12.2 Å². The van der Waals surface area contributed by atoms with Gasteiger partial charge in [0.25, 0.3) is 0 Å². The van der Waals surface area contributed by atoms with Crippen molar-refractivity contribution >= 4 is 17.5 Å². The van der Waals surface area contributed by atoms with E-state index in [9.17, 15) is 9.59 Å². The molecule has 0 atom stereocenters. The second-order valence-corrected chi connectivity index (χ2v) is 5.03. The van der Waals surface area contributed by atoms with Crippen LogP contribution in [0, 0.1) is 0 Å². The standard InChI is InChI=1S/C13H17N3O2/c1-13(2)12(18)15-11(17)8-16(13)7-9-3-5-10(14)6-4-9/h3-6H,7-8,14H2,1-2H3,(H,15,17,18). The number of carbonyl (C=O) groups excluding carboxylic acids is 2. The normalized spacial score (nSPS) is 19.7. The van der Waals surface area contributed by atoms with E-state index in [2.05, 4.69) is 5.32 Å². The van der Waals surface area contributed by atoms with E-state index in [4.69, 9.17) is 5.73 Å². The molecule has 96 valence electrons. The molecule has 1 aromatic carbocycles. The largest absolute Gasteiger partial charge is 0.399 e. The van der Waals surface area contributed by atoms with Crippen LogP contribution in [-0.4, -0.2) is 28.8 Å². The smallest absolute Gasteiger partial charge is 0.246 e. The molecular formula is C13H17N3O2. The molecule has 0 saturated carbocycles. The molecule has 0 bridgehead atoms. The second-order valence-electron chi connectivity index (χ2n) is 5.03. The lowest BCUT2D eigenvalue weighted by molar-refractivity contribution is -0.145. The zero-order chi connectivity index (χ0) is 13.3. The Morgan fingerprint density at radius 3 is 2.50 bits per heavy atom. The molecule has 2 rings (SSSR count). The first-order valence-electron chi connectivity index (χ1n) is 5.83. The maximum atomic E-state index is 11.8. The Bertz CT molecular complexity index is 480. The number of amides is 2. The van der Waals surface area contributed by atoms with Crippen molar-refractivity contribution < 1.29 is 9.59 Å². The molecular weight excluding hydrogens is 230 g/mol. The van der Waals surface area contributed by atoms with E-state index in [1.165, 1.54) is 0 Å². The molecule has 0 aliphatic carbocycles. The highest BCUT2D eigenvalue weighted by molar-refractivity contribution is 6.02. The number of hydrogen-bond acceptors (Lipinski definition) is 4. The van der Waals surface area contributed by atoms with E-state index in [0.717, 1.165) is 5.56 Å². The third kappa shape index (κ3) is 2.36. The lowest BCUT2D eigenvalue weighted by atomic mass is 9.97. The van der Waals surface area contributed by atoms with E-state index < -0.39 is 5.54 Å². The molecule has 5 nitrogen and oxygen atoms in total. The van der Waals surface area contributed by atoms with Crippen LogP contribution in [0.1, 0.15) is 19.4 Å². The summed E-state index contributed by atoms with van der Waals surface area (Å²) in [5, 5.41) is 2.35. The Labute approximate surface area is 106 Å². The average Bonchev–Trinajstić information content (AvgIpc) is 2.29. The van der Waals surface area contributed by atoms with Crippen molar-refractivity contribution in [2.75, 3.05) is 12.3 Å². The predicted molar refractivity (Wildman–Crippen MR) is 68.5 cm³/mol. The molecule has 0 unspecified atom stereocenters. The summed E-state index contributed by atoms with van der Waals surface area (Å²) in [6, 6.07) is 7.44. The van der Waals surface area contributed by atoms with Gasteiger partial charge in [-0.2, -0.15) is 0 Å². The number of anilines is 1. The zero-order valence-corrected chi connectivity index (χ0v) is 10.6. The van der Waals surface area contributed by atoms with E-state index in [1.54, 1.807) is 0 Å². The van der Waals surface area contributed by atoms with Crippen molar-refractivity contribution in [2.45, 2.75) is 25.9 Å². The number of nitrogens with two attached hydrogens (primary N) is 1. The summed E-state index contributed by atoms with van der Waals surface area (Å²) >= 11 is 0. The highest BCUT2D eigenvalue weighted by Crippen LogP contribution is 2.21. The molecule has 2 amide bonds. The van der Waals surface area contributed by atoms with Crippen LogP contribution in [0.25, 0.3) is 0 Å². The minimum atomic E-state index is -0.685. The molecule has 1 aromatic rings. The van der Waals surface area contributed by atoms with Gasteiger partial charge < -0.3 is 5.73 Å². The molecule has 18 heavy (non-hydrogen) atoms. The van der Waals surface area contributed by atoms with Crippen molar-refractivity contribution in [3.63, 3.8) is 0 Å². The van der Waals surface area contributed by atoms with Crippen LogP contribution >= 0.6 is 0 Å². The lowest BCUT2D eigenvalue weighted by Gasteiger charge is -2.40. The van der Waals surface area contributed by atoms with Gasteiger partial charge in [-0.25, -0.2) is 0 Å². The summed E-state index contributed by atoms with van der Waals surface area (Å²) in [5.74, 6) is -0.510. The maximum Gasteiger partial charge on any atom is 0.246 e. The van der Waals surface area contributed by atoms with Crippen LogP contribution in [0.3, 0.4) is 0 Å². The summed E-state index contributed by atoms with van der Waals surface area (Å²) in [4.78, 5) is 25.1. The number of imide groups is 1. The first kappa shape index (κ1) is 12.6. The summed E-state index contributed by atoms with van der Waals surface area (Å²) in [6.45, 7) is 4.40. The Morgan fingerprint density at radius 2 is 1.89 bits per heavy atom. The van der Waals surface area contributed by atoms with Crippen molar-refractivity contribution in [2.24, 2.45) is 0 Å². The summed E-state index contributed by atoms with van der Waals surface area (Å²) in [6.07, 6.45) is 0. The first-order chi connectivity index (χ1) is 8.39. The SMILES string of the molecule is CC1(C)C(=O)NC(=O)CN1Cc1ccc(N)cc1. The summed E-state index contributed by atoms with van der Waals surface area (Å²) in [5.41, 5.74) is 6.67. The highest BCUT2D eigenvalue weighted by Gasteiger charge is 2.40. The predicted octanol–water partition coefficient (Wildman–Crippen LogP) is 0.506. The van der Waals surface area contributed by atoms with Crippen LogP contribution in [0.5, 0.6) is 0 Å². The number of nitrogens with one attached hydrogen (secondary N) is 1. The van der Waals surface area contributed by atoms with Crippen molar-refractivity contribution in [1.29, 1.82) is 0 Å². The van der Waals surface area contributed by atoms with Crippen molar-refractivity contribution in [3.8, 4) is 0 Å². The van der Waals surface area contributed by atoms with E-state index in [-0.39, 0.29) is 18.4 Å². The van der Waals surface area contributed by atoms with Crippen molar-refractivity contribution in [1.82, 2.24) is 10.2 Å². The van der Waals surface area contributed by atoms with Gasteiger partial charge in [0.05, 0.1) is 12.1 Å².